The second kappa shape index (κ2) is 9.25. The molecular weight excluding hydrogens is 418 g/mol. The molecular formula is C26H31N3O4. The topological polar surface area (TPSA) is 111 Å². The van der Waals surface area contributed by atoms with Gasteiger partial charge < -0.3 is 15.5 Å². The van der Waals surface area contributed by atoms with Crippen LogP contribution in [0.1, 0.15) is 72.2 Å². The van der Waals surface area contributed by atoms with Gasteiger partial charge in [0.1, 0.15) is 0 Å². The number of phenols is 2. The second-order valence-corrected chi connectivity index (χ2v) is 9.89. The lowest BCUT2D eigenvalue weighted by molar-refractivity contribution is 0.0476. The van der Waals surface area contributed by atoms with E-state index in [0.717, 1.165) is 19.3 Å². The lowest BCUT2D eigenvalue weighted by atomic mass is 9.61. The quantitative estimate of drug-likeness (QED) is 0.311. The average molecular weight is 450 g/mol. The van der Waals surface area contributed by atoms with E-state index in [1.807, 2.05) is 0 Å². The Kier molecular flexibility index (Phi) is 6.40. The number of hydrazone groups is 1. The van der Waals surface area contributed by atoms with E-state index >= 15 is 0 Å². The van der Waals surface area contributed by atoms with Crippen molar-refractivity contribution in [2.45, 2.75) is 51.5 Å². The highest BCUT2D eigenvalue weighted by atomic mass is 16.3. The number of aromatic hydroxyl groups is 2. The molecule has 4 rings (SSSR count). The molecule has 2 amide bonds. The number of amides is 2. The highest BCUT2D eigenvalue weighted by Gasteiger charge is 2.45. The van der Waals surface area contributed by atoms with Crippen molar-refractivity contribution in [3.05, 3.63) is 59.2 Å². The summed E-state index contributed by atoms with van der Waals surface area (Å²) in [5, 5.41) is 26.4. The van der Waals surface area contributed by atoms with Crippen molar-refractivity contribution < 1.29 is 19.8 Å². The zero-order valence-corrected chi connectivity index (χ0v) is 19.0. The normalized spacial score (nSPS) is 26.7. The highest BCUT2D eigenvalue weighted by molar-refractivity contribution is 5.98. The second-order valence-electron chi connectivity index (χ2n) is 9.89. The number of carbonyl (C=O) groups excluding carboxylic acids is 2. The summed E-state index contributed by atoms with van der Waals surface area (Å²) in [6.07, 6.45) is 6.84. The SMILES string of the molecule is CC1CC2CC(C)CC(NC(=O)c3ccc(C(=O)N/N=C/c4cccc(O)c4O)cc3)(C1)C2. The lowest BCUT2D eigenvalue weighted by Gasteiger charge is -2.50. The number of carbonyl (C=O) groups is 2. The van der Waals surface area contributed by atoms with Crippen LogP contribution in [0.15, 0.2) is 47.6 Å². The van der Waals surface area contributed by atoms with Crippen molar-refractivity contribution in [3.8, 4) is 11.5 Å². The third kappa shape index (κ3) is 5.18. The maximum atomic E-state index is 13.0. The van der Waals surface area contributed by atoms with Gasteiger partial charge in [0.05, 0.1) is 6.21 Å². The van der Waals surface area contributed by atoms with Crippen LogP contribution in [0, 0.1) is 17.8 Å². The number of fused-ring (bicyclic) bond motifs is 2. The van der Waals surface area contributed by atoms with Crippen molar-refractivity contribution in [1.29, 1.82) is 0 Å². The summed E-state index contributed by atoms with van der Waals surface area (Å²) in [5.74, 6) is 0.805. The Labute approximate surface area is 193 Å². The molecule has 0 spiro atoms. The highest BCUT2D eigenvalue weighted by Crippen LogP contribution is 2.47. The van der Waals surface area contributed by atoms with Gasteiger partial charge in [-0.05, 0) is 86.3 Å². The molecule has 2 aliphatic rings. The van der Waals surface area contributed by atoms with Crippen molar-refractivity contribution in [1.82, 2.24) is 10.7 Å². The Morgan fingerprint density at radius 3 is 2.18 bits per heavy atom. The van der Waals surface area contributed by atoms with E-state index in [1.165, 1.54) is 25.1 Å². The molecule has 7 nitrogen and oxygen atoms in total. The Morgan fingerprint density at radius 1 is 0.939 bits per heavy atom. The van der Waals surface area contributed by atoms with Crippen LogP contribution in [-0.4, -0.2) is 33.8 Å². The van der Waals surface area contributed by atoms with Gasteiger partial charge >= 0.3 is 0 Å². The van der Waals surface area contributed by atoms with Crippen LogP contribution in [0.3, 0.4) is 0 Å². The number of phenolic OH excluding ortho intramolecular Hbond substituents is 2. The van der Waals surface area contributed by atoms with Gasteiger partial charge in [-0.15, -0.1) is 0 Å². The van der Waals surface area contributed by atoms with E-state index in [1.54, 1.807) is 36.4 Å². The van der Waals surface area contributed by atoms with E-state index in [-0.39, 0.29) is 28.5 Å². The number of benzene rings is 2. The fraction of sp³-hybridized carbons (Fsp3) is 0.423. The predicted octanol–water partition coefficient (Wildman–Crippen LogP) is 4.20. The summed E-state index contributed by atoms with van der Waals surface area (Å²) >= 11 is 0. The van der Waals surface area contributed by atoms with Gasteiger partial charge in [-0.2, -0.15) is 5.10 Å². The molecule has 174 valence electrons. The third-order valence-electron chi connectivity index (χ3n) is 6.83. The molecule has 2 unspecified atom stereocenters. The van der Waals surface area contributed by atoms with Crippen LogP contribution in [0.25, 0.3) is 0 Å². The first-order chi connectivity index (χ1) is 15.7. The Balaban J connectivity index is 1.38. The van der Waals surface area contributed by atoms with E-state index in [0.29, 0.717) is 28.9 Å². The zero-order valence-electron chi connectivity index (χ0n) is 19.0. The summed E-state index contributed by atoms with van der Waals surface area (Å²) in [7, 11) is 0. The smallest absolute Gasteiger partial charge is 0.271 e. The molecule has 0 saturated heterocycles. The molecule has 2 atom stereocenters. The molecule has 2 fully saturated rings. The Morgan fingerprint density at radius 2 is 1.55 bits per heavy atom. The fourth-order valence-corrected chi connectivity index (χ4v) is 5.82. The maximum Gasteiger partial charge on any atom is 0.271 e. The number of rotatable bonds is 5. The molecule has 33 heavy (non-hydrogen) atoms. The van der Waals surface area contributed by atoms with Crippen molar-refractivity contribution in [2.75, 3.05) is 0 Å². The summed E-state index contributed by atoms with van der Waals surface area (Å²) < 4.78 is 0. The number of nitrogens with zero attached hydrogens (tertiary/aromatic N) is 1. The van der Waals surface area contributed by atoms with Crippen molar-refractivity contribution in [2.24, 2.45) is 22.9 Å². The maximum absolute atomic E-state index is 13.0. The molecule has 2 aliphatic carbocycles. The standard InChI is InChI=1S/C26H31N3O4/c1-16-10-18-11-17(2)13-26(12-16,14-18)28-24(32)19-6-8-20(9-7-19)25(33)29-27-15-21-4-3-5-22(30)23(21)31/h3-9,15-18,30-31H,10-14H2,1-2H3,(H,28,32)(H,29,33)/b27-15+. The first-order valence-electron chi connectivity index (χ1n) is 11.5. The molecule has 0 aliphatic heterocycles. The van der Waals surface area contributed by atoms with Gasteiger partial charge in [-0.1, -0.05) is 19.9 Å². The van der Waals surface area contributed by atoms with Crippen LogP contribution >= 0.6 is 0 Å². The minimum Gasteiger partial charge on any atom is -0.504 e. The monoisotopic (exact) mass is 449 g/mol. The van der Waals surface area contributed by atoms with Gasteiger partial charge in [-0.25, -0.2) is 5.43 Å². The van der Waals surface area contributed by atoms with Crippen LogP contribution < -0.4 is 10.7 Å². The van der Waals surface area contributed by atoms with E-state index in [2.05, 4.69) is 29.7 Å². The minimum absolute atomic E-state index is 0.0960. The van der Waals surface area contributed by atoms with Gasteiger partial charge in [-0.3, -0.25) is 9.59 Å². The first kappa shape index (κ1) is 22.8. The number of hydrogen-bond acceptors (Lipinski definition) is 5. The fourth-order valence-electron chi connectivity index (χ4n) is 5.82. The predicted molar refractivity (Wildman–Crippen MR) is 126 cm³/mol. The molecule has 2 saturated carbocycles. The summed E-state index contributed by atoms with van der Waals surface area (Å²) in [5.41, 5.74) is 3.42. The third-order valence-corrected chi connectivity index (χ3v) is 6.83. The van der Waals surface area contributed by atoms with Gasteiger partial charge in [0, 0.05) is 22.2 Å². The first-order valence-corrected chi connectivity index (χ1v) is 11.5. The Bertz CT molecular complexity index is 1040. The number of hydrogen-bond donors (Lipinski definition) is 4. The molecule has 2 aromatic rings. The molecule has 0 radical (unpaired) electrons. The summed E-state index contributed by atoms with van der Waals surface area (Å²) in [6, 6.07) is 11.0. The molecule has 2 aromatic carbocycles. The Hall–Kier alpha value is -3.35. The summed E-state index contributed by atoms with van der Waals surface area (Å²) in [4.78, 5) is 25.4. The van der Waals surface area contributed by atoms with Gasteiger partial charge in [0.15, 0.2) is 11.5 Å². The average Bonchev–Trinajstić information content (AvgIpc) is 2.75. The van der Waals surface area contributed by atoms with Crippen molar-refractivity contribution >= 4 is 18.0 Å². The molecule has 2 bridgehead atoms. The molecule has 0 aromatic heterocycles. The molecule has 4 N–H and O–H groups in total. The van der Waals surface area contributed by atoms with Crippen LogP contribution in [0.4, 0.5) is 0 Å². The minimum atomic E-state index is -0.443. The lowest BCUT2D eigenvalue weighted by Crippen LogP contribution is -2.56. The van der Waals surface area contributed by atoms with E-state index in [9.17, 15) is 19.8 Å². The zero-order chi connectivity index (χ0) is 23.6. The van der Waals surface area contributed by atoms with Crippen LogP contribution in [-0.2, 0) is 0 Å². The molecule has 7 heteroatoms. The molecule has 0 heterocycles. The number of para-hydroxylation sites is 1. The van der Waals surface area contributed by atoms with E-state index < -0.39 is 5.91 Å². The van der Waals surface area contributed by atoms with Crippen molar-refractivity contribution in [3.63, 3.8) is 0 Å². The summed E-state index contributed by atoms with van der Waals surface area (Å²) in [6.45, 7) is 4.56. The van der Waals surface area contributed by atoms with Crippen LogP contribution in [0.2, 0.25) is 0 Å². The largest absolute Gasteiger partial charge is 0.504 e. The van der Waals surface area contributed by atoms with E-state index in [4.69, 9.17) is 0 Å². The van der Waals surface area contributed by atoms with Gasteiger partial charge in [0.2, 0.25) is 0 Å². The van der Waals surface area contributed by atoms with Gasteiger partial charge in [0.25, 0.3) is 11.8 Å². The number of nitrogens with one attached hydrogen (secondary N) is 2. The van der Waals surface area contributed by atoms with Crippen LogP contribution in [0.5, 0.6) is 11.5 Å².